The number of ketones is 1. The Kier molecular flexibility index (Phi) is 4.70. The molecule has 0 aromatic heterocycles. The lowest BCUT2D eigenvalue weighted by Gasteiger charge is -2.35. The number of ether oxygens (including phenoxy) is 2. The molecule has 0 radical (unpaired) electrons. The second kappa shape index (κ2) is 6.31. The van der Waals surface area contributed by atoms with Crippen LogP contribution in [-0.2, 0) is 34.0 Å². The number of rotatable bonds is 6. The van der Waals surface area contributed by atoms with Gasteiger partial charge in [0.2, 0.25) is 0 Å². The van der Waals surface area contributed by atoms with Gasteiger partial charge in [-0.15, -0.1) is 0 Å². The fraction of sp³-hybridized carbons (Fsp3) is 0.706. The Labute approximate surface area is 160 Å². The van der Waals surface area contributed by atoms with Crippen molar-refractivity contribution in [3.8, 4) is 0 Å². The highest BCUT2D eigenvalue weighted by atomic mass is 32.2. The van der Waals surface area contributed by atoms with Crippen LogP contribution in [0.5, 0.6) is 0 Å². The summed E-state index contributed by atoms with van der Waals surface area (Å²) in [6, 6.07) is 0. The van der Waals surface area contributed by atoms with E-state index in [-0.39, 0.29) is 24.2 Å². The molecule has 0 amide bonds. The van der Waals surface area contributed by atoms with Crippen LogP contribution in [0, 0.1) is 23.7 Å². The number of fused-ring (bicyclic) bond motifs is 1. The molecule has 3 rings (SSSR count). The number of Topliss-reactive ketones (excluding diaryl/α,β-unsaturated/α-hetero) is 1. The number of halogens is 2. The standard InChI is InChI=1S/C17H20F2O8S/c1-7(2)14(21)27-16-5-9-4-10(16)13(11(20)6-16)12(9)15(22)26-8(3)17(18,19)28(23,24)25/h8-10,12-13H,1,4-6H2,2-3H3,(H,23,24,25). The molecule has 0 heterocycles. The predicted octanol–water partition coefficient (Wildman–Crippen LogP) is 1.50. The molecule has 1 N–H and O–H groups in total. The van der Waals surface area contributed by atoms with Crippen molar-refractivity contribution in [2.45, 2.75) is 50.1 Å². The lowest BCUT2D eigenvalue weighted by atomic mass is 9.77. The Morgan fingerprint density at radius 3 is 2.54 bits per heavy atom. The van der Waals surface area contributed by atoms with Crippen molar-refractivity contribution in [3.63, 3.8) is 0 Å². The van der Waals surface area contributed by atoms with Gasteiger partial charge in [0.1, 0.15) is 11.4 Å². The van der Waals surface area contributed by atoms with Crippen LogP contribution in [0.25, 0.3) is 0 Å². The molecule has 0 aromatic rings. The average Bonchev–Trinajstić information content (AvgIpc) is 3.12. The van der Waals surface area contributed by atoms with E-state index in [1.807, 2.05) is 0 Å². The van der Waals surface area contributed by atoms with Gasteiger partial charge in [-0.1, -0.05) is 6.58 Å². The molecule has 6 atom stereocenters. The molecule has 0 aromatic carbocycles. The first-order chi connectivity index (χ1) is 12.7. The largest absolute Gasteiger partial charge is 0.455 e. The molecule has 11 heteroatoms. The Hall–Kier alpha value is -1.88. The molecule has 6 unspecified atom stereocenters. The Morgan fingerprint density at radius 2 is 2.00 bits per heavy atom. The maximum Gasteiger partial charge on any atom is 0.405 e. The number of esters is 2. The summed E-state index contributed by atoms with van der Waals surface area (Å²) in [6.45, 7) is 5.62. The lowest BCUT2D eigenvalue weighted by Crippen LogP contribution is -2.46. The van der Waals surface area contributed by atoms with Crippen molar-refractivity contribution < 1.29 is 45.6 Å². The molecule has 3 aliphatic carbocycles. The zero-order chi connectivity index (χ0) is 21.2. The SMILES string of the molecule is C=C(C)C(=O)OC12CC(=O)C3C(C(=O)OC(C)C(F)(F)S(=O)(=O)O)C(CC31)C2. The van der Waals surface area contributed by atoms with Crippen molar-refractivity contribution >= 4 is 27.8 Å². The molecule has 3 aliphatic rings. The van der Waals surface area contributed by atoms with E-state index in [1.54, 1.807) is 0 Å². The molecule has 156 valence electrons. The van der Waals surface area contributed by atoms with E-state index in [9.17, 15) is 31.6 Å². The normalized spacial score (nSPS) is 35.0. The molecule has 0 saturated heterocycles. The third kappa shape index (κ3) is 2.95. The summed E-state index contributed by atoms with van der Waals surface area (Å²) >= 11 is 0. The molecule has 28 heavy (non-hydrogen) atoms. The second-order valence-corrected chi connectivity index (χ2v) is 9.35. The van der Waals surface area contributed by atoms with Crippen LogP contribution in [0.15, 0.2) is 12.2 Å². The average molecular weight is 422 g/mol. The van der Waals surface area contributed by atoms with Gasteiger partial charge >= 0.3 is 27.3 Å². The summed E-state index contributed by atoms with van der Waals surface area (Å²) in [5, 5.41) is -4.68. The van der Waals surface area contributed by atoms with Crippen LogP contribution in [0.3, 0.4) is 0 Å². The fourth-order valence-corrected chi connectivity index (χ4v) is 5.31. The van der Waals surface area contributed by atoms with E-state index < -0.39 is 62.7 Å². The Balaban J connectivity index is 1.77. The van der Waals surface area contributed by atoms with Crippen molar-refractivity contribution in [1.82, 2.24) is 0 Å². The van der Waals surface area contributed by atoms with Gasteiger partial charge in [0.05, 0.1) is 5.92 Å². The van der Waals surface area contributed by atoms with Crippen LogP contribution in [-0.4, -0.2) is 47.7 Å². The van der Waals surface area contributed by atoms with Gasteiger partial charge in [0.15, 0.2) is 6.10 Å². The first-order valence-corrected chi connectivity index (χ1v) is 10.1. The van der Waals surface area contributed by atoms with E-state index in [0.717, 1.165) is 0 Å². The quantitative estimate of drug-likeness (QED) is 0.388. The van der Waals surface area contributed by atoms with E-state index in [4.69, 9.17) is 9.29 Å². The van der Waals surface area contributed by atoms with Gasteiger partial charge in [-0.25, -0.2) is 4.79 Å². The molecule has 0 aliphatic heterocycles. The summed E-state index contributed by atoms with van der Waals surface area (Å²) in [5.74, 6) is -4.78. The predicted molar refractivity (Wildman–Crippen MR) is 88.5 cm³/mol. The number of carbonyl (C=O) groups is 3. The summed E-state index contributed by atoms with van der Waals surface area (Å²) in [6.07, 6.45) is -1.90. The van der Waals surface area contributed by atoms with Crippen molar-refractivity contribution in [2.75, 3.05) is 0 Å². The van der Waals surface area contributed by atoms with Gasteiger partial charge in [-0.3, -0.25) is 14.1 Å². The van der Waals surface area contributed by atoms with E-state index >= 15 is 0 Å². The van der Waals surface area contributed by atoms with E-state index in [0.29, 0.717) is 13.3 Å². The first kappa shape index (κ1) is 20.8. The van der Waals surface area contributed by atoms with Crippen molar-refractivity contribution in [3.05, 3.63) is 12.2 Å². The summed E-state index contributed by atoms with van der Waals surface area (Å²) in [4.78, 5) is 36.9. The third-order valence-electron chi connectivity index (χ3n) is 6.04. The topological polar surface area (TPSA) is 124 Å². The molecule has 3 fully saturated rings. The summed E-state index contributed by atoms with van der Waals surface area (Å²) in [5.41, 5.74) is -0.853. The van der Waals surface area contributed by atoms with Crippen LogP contribution in [0.4, 0.5) is 8.78 Å². The van der Waals surface area contributed by atoms with Gasteiger partial charge in [0, 0.05) is 23.8 Å². The van der Waals surface area contributed by atoms with Gasteiger partial charge < -0.3 is 9.47 Å². The van der Waals surface area contributed by atoms with Crippen LogP contribution in [0.1, 0.15) is 33.1 Å². The van der Waals surface area contributed by atoms with Gasteiger partial charge in [0.25, 0.3) is 0 Å². The molecular weight excluding hydrogens is 402 g/mol. The summed E-state index contributed by atoms with van der Waals surface area (Å²) in [7, 11) is -5.78. The molecule has 0 spiro atoms. The Morgan fingerprint density at radius 1 is 1.39 bits per heavy atom. The number of hydrogen-bond donors (Lipinski definition) is 1. The molecule has 2 bridgehead atoms. The van der Waals surface area contributed by atoms with Gasteiger partial charge in [-0.2, -0.15) is 17.2 Å². The van der Waals surface area contributed by atoms with E-state index in [2.05, 4.69) is 11.3 Å². The first-order valence-electron chi connectivity index (χ1n) is 8.68. The van der Waals surface area contributed by atoms with Crippen molar-refractivity contribution in [2.24, 2.45) is 23.7 Å². The minimum atomic E-state index is -5.78. The highest BCUT2D eigenvalue weighted by Gasteiger charge is 2.71. The minimum Gasteiger partial charge on any atom is -0.455 e. The minimum absolute atomic E-state index is 0.0711. The molecular formula is C17H20F2O8S. The molecule has 3 saturated carbocycles. The fourth-order valence-electron chi connectivity index (χ4n) is 4.85. The lowest BCUT2D eigenvalue weighted by molar-refractivity contribution is -0.172. The highest BCUT2D eigenvalue weighted by molar-refractivity contribution is 7.86. The zero-order valence-electron chi connectivity index (χ0n) is 15.2. The maximum absolute atomic E-state index is 13.7. The second-order valence-electron chi connectivity index (χ2n) is 7.85. The third-order valence-corrected chi connectivity index (χ3v) is 7.06. The van der Waals surface area contributed by atoms with Crippen LogP contribution < -0.4 is 0 Å². The Bertz CT molecular complexity index is 866. The highest BCUT2D eigenvalue weighted by Crippen LogP contribution is 2.65. The zero-order valence-corrected chi connectivity index (χ0v) is 16.0. The maximum atomic E-state index is 13.7. The van der Waals surface area contributed by atoms with E-state index in [1.165, 1.54) is 6.92 Å². The number of alkyl halides is 2. The molecule has 8 nitrogen and oxygen atoms in total. The number of hydrogen-bond acceptors (Lipinski definition) is 7. The smallest absolute Gasteiger partial charge is 0.405 e. The van der Waals surface area contributed by atoms with Crippen LogP contribution in [0.2, 0.25) is 0 Å². The van der Waals surface area contributed by atoms with Crippen molar-refractivity contribution in [1.29, 1.82) is 0 Å². The van der Waals surface area contributed by atoms with Gasteiger partial charge in [-0.05, 0) is 32.6 Å². The van der Waals surface area contributed by atoms with Crippen LogP contribution >= 0.6 is 0 Å². The summed E-state index contributed by atoms with van der Waals surface area (Å²) < 4.78 is 67.7. The monoisotopic (exact) mass is 422 g/mol. The number of carbonyl (C=O) groups excluding carboxylic acids is 3.